The molecular weight excluding hydrogens is 321 g/mol. The highest BCUT2D eigenvalue weighted by Crippen LogP contribution is 2.26. The first-order chi connectivity index (χ1) is 12.2. The highest BCUT2D eigenvalue weighted by molar-refractivity contribution is 5.80. The fourth-order valence-corrected chi connectivity index (χ4v) is 3.14. The number of morpholine rings is 1. The topological polar surface area (TPSA) is 50.4 Å². The van der Waals surface area contributed by atoms with Crippen LogP contribution in [0.3, 0.4) is 0 Å². The van der Waals surface area contributed by atoms with E-state index in [1.807, 2.05) is 35.2 Å². The number of fused-ring (bicyclic) bond motifs is 1. The Hall–Kier alpha value is -2.60. The molecule has 1 saturated heterocycles. The van der Waals surface area contributed by atoms with E-state index in [0.717, 1.165) is 28.2 Å². The van der Waals surface area contributed by atoms with Gasteiger partial charge in [-0.25, -0.2) is 9.37 Å². The van der Waals surface area contributed by atoms with Crippen LogP contribution in [-0.4, -0.2) is 43.4 Å². The van der Waals surface area contributed by atoms with Crippen LogP contribution in [0.15, 0.2) is 36.4 Å². The van der Waals surface area contributed by atoms with Gasteiger partial charge in [0.1, 0.15) is 17.4 Å². The quantitative estimate of drug-likeness (QED) is 0.792. The lowest BCUT2D eigenvalue weighted by Gasteiger charge is -2.29. The third-order valence-corrected chi connectivity index (χ3v) is 4.48. The van der Waals surface area contributed by atoms with Crippen molar-refractivity contribution < 1.29 is 13.9 Å². The Kier molecular flexibility index (Phi) is 4.28. The number of H-pyrrole nitrogens is 1. The number of methoxy groups -OCH3 is 1. The summed E-state index contributed by atoms with van der Waals surface area (Å²) in [5.41, 5.74) is 3.22. The van der Waals surface area contributed by atoms with E-state index >= 15 is 0 Å². The molecule has 0 atom stereocenters. The van der Waals surface area contributed by atoms with Crippen LogP contribution in [-0.2, 0) is 11.2 Å². The zero-order valence-electron chi connectivity index (χ0n) is 14.1. The Morgan fingerprint density at radius 2 is 1.96 bits per heavy atom. The van der Waals surface area contributed by atoms with Gasteiger partial charge in [-0.15, -0.1) is 0 Å². The molecule has 1 aliphatic rings. The van der Waals surface area contributed by atoms with Gasteiger partial charge in [0, 0.05) is 25.6 Å². The normalized spacial score (nSPS) is 14.9. The molecule has 4 rings (SSSR count). The van der Waals surface area contributed by atoms with Gasteiger partial charge in [0.15, 0.2) is 0 Å². The first-order valence-corrected chi connectivity index (χ1v) is 8.37. The SMILES string of the molecule is COc1ccc(Cc2nc3cc(N4CCOCC4)c(F)cc3[nH]2)cc1. The van der Waals surface area contributed by atoms with Crippen molar-refractivity contribution in [3.8, 4) is 5.75 Å². The highest BCUT2D eigenvalue weighted by Gasteiger charge is 2.17. The van der Waals surface area contributed by atoms with Crippen molar-refractivity contribution in [3.05, 3.63) is 53.6 Å². The lowest BCUT2D eigenvalue weighted by Crippen LogP contribution is -2.36. The Balaban J connectivity index is 1.60. The number of anilines is 1. The zero-order valence-corrected chi connectivity index (χ0v) is 14.1. The van der Waals surface area contributed by atoms with Gasteiger partial charge in [0.05, 0.1) is 37.0 Å². The molecule has 0 spiro atoms. The average Bonchev–Trinajstić information content (AvgIpc) is 3.03. The maximum Gasteiger partial charge on any atom is 0.148 e. The number of halogens is 1. The molecule has 0 amide bonds. The molecule has 2 aromatic carbocycles. The third-order valence-electron chi connectivity index (χ3n) is 4.48. The monoisotopic (exact) mass is 341 g/mol. The second kappa shape index (κ2) is 6.72. The van der Waals surface area contributed by atoms with Gasteiger partial charge in [-0.3, -0.25) is 0 Å². The summed E-state index contributed by atoms with van der Waals surface area (Å²) in [6.07, 6.45) is 0.660. The van der Waals surface area contributed by atoms with Crippen molar-refractivity contribution in [2.75, 3.05) is 38.3 Å². The Bertz CT molecular complexity index is 870. The minimum absolute atomic E-state index is 0.228. The van der Waals surface area contributed by atoms with Crippen molar-refractivity contribution in [2.45, 2.75) is 6.42 Å². The number of aromatic amines is 1. The van der Waals surface area contributed by atoms with Gasteiger partial charge in [0.2, 0.25) is 0 Å². The van der Waals surface area contributed by atoms with Crippen molar-refractivity contribution in [3.63, 3.8) is 0 Å². The number of ether oxygens (including phenoxy) is 2. The van der Waals surface area contributed by atoms with E-state index in [-0.39, 0.29) is 5.82 Å². The molecule has 5 nitrogen and oxygen atoms in total. The maximum absolute atomic E-state index is 14.5. The van der Waals surface area contributed by atoms with Gasteiger partial charge in [-0.2, -0.15) is 0 Å². The number of imidazole rings is 1. The number of nitrogens with one attached hydrogen (secondary N) is 1. The van der Waals surface area contributed by atoms with E-state index < -0.39 is 0 Å². The molecule has 0 bridgehead atoms. The van der Waals surface area contributed by atoms with Gasteiger partial charge in [-0.05, 0) is 23.8 Å². The molecular formula is C19H20FN3O2. The highest BCUT2D eigenvalue weighted by atomic mass is 19.1. The van der Waals surface area contributed by atoms with Crippen LogP contribution in [0.1, 0.15) is 11.4 Å². The van der Waals surface area contributed by atoms with Crippen LogP contribution in [0.25, 0.3) is 11.0 Å². The van der Waals surface area contributed by atoms with E-state index in [0.29, 0.717) is 38.4 Å². The van der Waals surface area contributed by atoms with E-state index in [4.69, 9.17) is 9.47 Å². The van der Waals surface area contributed by atoms with E-state index in [9.17, 15) is 4.39 Å². The summed E-state index contributed by atoms with van der Waals surface area (Å²) in [4.78, 5) is 9.86. The number of benzene rings is 2. The van der Waals surface area contributed by atoms with Gasteiger partial charge in [-0.1, -0.05) is 12.1 Å². The standard InChI is InChI=1S/C19H20FN3O2/c1-24-14-4-2-13(3-5-14)10-19-21-16-11-15(20)18(12-17(16)22-19)23-6-8-25-9-7-23/h2-5,11-12H,6-10H2,1H3,(H,21,22). The fourth-order valence-electron chi connectivity index (χ4n) is 3.14. The van der Waals surface area contributed by atoms with Crippen LogP contribution < -0.4 is 9.64 Å². The predicted molar refractivity (Wildman–Crippen MR) is 94.9 cm³/mol. The summed E-state index contributed by atoms with van der Waals surface area (Å²) < 4.78 is 25.0. The van der Waals surface area contributed by atoms with Crippen molar-refractivity contribution in [2.24, 2.45) is 0 Å². The van der Waals surface area contributed by atoms with Gasteiger partial charge < -0.3 is 19.4 Å². The van der Waals surface area contributed by atoms with E-state index in [2.05, 4.69) is 9.97 Å². The zero-order chi connectivity index (χ0) is 17.2. The number of rotatable bonds is 4. The smallest absolute Gasteiger partial charge is 0.148 e. The average molecular weight is 341 g/mol. The molecule has 3 aromatic rings. The fraction of sp³-hybridized carbons (Fsp3) is 0.316. The second-order valence-electron chi connectivity index (χ2n) is 6.13. The molecule has 2 heterocycles. The van der Waals surface area contributed by atoms with Crippen LogP contribution in [0.4, 0.5) is 10.1 Å². The summed E-state index contributed by atoms with van der Waals surface area (Å²) in [5, 5.41) is 0. The molecule has 1 aromatic heterocycles. The van der Waals surface area contributed by atoms with E-state index in [1.165, 1.54) is 6.07 Å². The van der Waals surface area contributed by atoms with Gasteiger partial charge in [0.25, 0.3) is 0 Å². The number of hydrogen-bond donors (Lipinski definition) is 1. The Morgan fingerprint density at radius 1 is 1.20 bits per heavy atom. The maximum atomic E-state index is 14.5. The lowest BCUT2D eigenvalue weighted by atomic mass is 10.1. The van der Waals surface area contributed by atoms with Crippen molar-refractivity contribution >= 4 is 16.7 Å². The summed E-state index contributed by atoms with van der Waals surface area (Å²) >= 11 is 0. The summed E-state index contributed by atoms with van der Waals surface area (Å²) in [6.45, 7) is 2.65. The molecule has 0 aliphatic carbocycles. The second-order valence-corrected chi connectivity index (χ2v) is 6.13. The molecule has 0 radical (unpaired) electrons. The molecule has 6 heteroatoms. The third kappa shape index (κ3) is 3.30. The number of nitrogens with zero attached hydrogens (tertiary/aromatic N) is 2. The van der Waals surface area contributed by atoms with Crippen LogP contribution in [0, 0.1) is 5.82 Å². The van der Waals surface area contributed by atoms with Crippen molar-refractivity contribution in [1.82, 2.24) is 9.97 Å². The van der Waals surface area contributed by atoms with Crippen molar-refractivity contribution in [1.29, 1.82) is 0 Å². The van der Waals surface area contributed by atoms with Gasteiger partial charge >= 0.3 is 0 Å². The molecule has 0 saturated carbocycles. The summed E-state index contributed by atoms with van der Waals surface area (Å²) in [7, 11) is 1.65. The van der Waals surface area contributed by atoms with Crippen LogP contribution >= 0.6 is 0 Å². The molecule has 1 fully saturated rings. The molecule has 25 heavy (non-hydrogen) atoms. The predicted octanol–water partition coefficient (Wildman–Crippen LogP) is 3.14. The van der Waals surface area contributed by atoms with Crippen LogP contribution in [0.2, 0.25) is 0 Å². The van der Waals surface area contributed by atoms with Crippen LogP contribution in [0.5, 0.6) is 5.75 Å². The molecule has 0 unspecified atom stereocenters. The Morgan fingerprint density at radius 3 is 2.68 bits per heavy atom. The van der Waals surface area contributed by atoms with E-state index in [1.54, 1.807) is 7.11 Å². The minimum atomic E-state index is -0.228. The lowest BCUT2D eigenvalue weighted by molar-refractivity contribution is 0.122. The Labute approximate surface area is 145 Å². The first-order valence-electron chi connectivity index (χ1n) is 8.37. The first kappa shape index (κ1) is 15.9. The number of hydrogen-bond acceptors (Lipinski definition) is 4. The molecule has 1 N–H and O–H groups in total. The molecule has 130 valence electrons. The minimum Gasteiger partial charge on any atom is -0.497 e. The number of aromatic nitrogens is 2. The summed E-state index contributed by atoms with van der Waals surface area (Å²) in [5.74, 6) is 1.42. The molecule has 1 aliphatic heterocycles. The largest absolute Gasteiger partial charge is 0.497 e. The summed E-state index contributed by atoms with van der Waals surface area (Å²) in [6, 6.07) is 11.2.